The summed E-state index contributed by atoms with van der Waals surface area (Å²) in [5.41, 5.74) is 0.0553. The van der Waals surface area contributed by atoms with Gasteiger partial charge >= 0.3 is 6.03 Å². The normalized spacial score (nSPS) is 32.0. The summed E-state index contributed by atoms with van der Waals surface area (Å²) in [4.78, 5) is 16.8. The van der Waals surface area contributed by atoms with Crippen molar-refractivity contribution >= 4 is 18.4 Å². The fourth-order valence-electron chi connectivity index (χ4n) is 5.68. The Hall–Kier alpha value is -1.34. The summed E-state index contributed by atoms with van der Waals surface area (Å²) in [6, 6.07) is 0.264. The Balaban J connectivity index is 0.00000210. The number of hydrogen-bond donors (Lipinski definition) is 3. The van der Waals surface area contributed by atoms with Gasteiger partial charge < -0.3 is 20.5 Å². The summed E-state index contributed by atoms with van der Waals surface area (Å²) < 4.78 is 5.27. The van der Waals surface area contributed by atoms with Crippen molar-refractivity contribution in [2.24, 2.45) is 17.8 Å². The van der Waals surface area contributed by atoms with Crippen LogP contribution in [0.4, 0.5) is 4.79 Å². The van der Waals surface area contributed by atoms with Crippen molar-refractivity contribution in [2.45, 2.75) is 69.9 Å². The van der Waals surface area contributed by atoms with E-state index in [9.17, 15) is 4.79 Å². The Morgan fingerprint density at radius 3 is 2.44 bits per heavy atom. The lowest BCUT2D eigenvalue weighted by Gasteiger charge is -2.56. The Morgan fingerprint density at radius 2 is 1.85 bits per heavy atom. The first-order chi connectivity index (χ1) is 12.5. The SMILES string of the molecule is CNC(C)Cc1noc(CCNC(=O)NC23CC4CC(CC(C4)C2)C3)n1.Cl. The Kier molecular flexibility index (Phi) is 6.31. The monoisotopic (exact) mass is 397 g/mol. The fraction of sp³-hybridized carbons (Fsp3) is 0.842. The van der Waals surface area contributed by atoms with Gasteiger partial charge in [-0.25, -0.2) is 4.79 Å². The molecule has 5 rings (SSSR count). The number of rotatable bonds is 7. The number of aromatic nitrogens is 2. The van der Waals surface area contributed by atoms with E-state index in [1.807, 2.05) is 7.05 Å². The minimum absolute atomic E-state index is 0. The third-order valence-electron chi connectivity index (χ3n) is 6.53. The number of nitrogens with zero attached hydrogens (tertiary/aromatic N) is 2. The third kappa shape index (κ3) is 4.74. The minimum Gasteiger partial charge on any atom is -0.339 e. The molecule has 4 aliphatic carbocycles. The van der Waals surface area contributed by atoms with Gasteiger partial charge in [0, 0.05) is 31.0 Å². The van der Waals surface area contributed by atoms with E-state index in [-0.39, 0.29) is 24.0 Å². The largest absolute Gasteiger partial charge is 0.339 e. The van der Waals surface area contributed by atoms with Crippen LogP contribution in [0.5, 0.6) is 0 Å². The lowest BCUT2D eigenvalue weighted by atomic mass is 9.53. The highest BCUT2D eigenvalue weighted by molar-refractivity contribution is 5.85. The van der Waals surface area contributed by atoms with E-state index in [1.54, 1.807) is 0 Å². The topological polar surface area (TPSA) is 92.1 Å². The van der Waals surface area contributed by atoms with E-state index in [4.69, 9.17) is 4.52 Å². The molecule has 27 heavy (non-hydrogen) atoms. The van der Waals surface area contributed by atoms with Gasteiger partial charge in [0.05, 0.1) is 0 Å². The number of amides is 2. The molecule has 4 aliphatic rings. The zero-order valence-corrected chi connectivity index (χ0v) is 17.1. The summed E-state index contributed by atoms with van der Waals surface area (Å²) in [5, 5.41) is 13.5. The highest BCUT2D eigenvalue weighted by Crippen LogP contribution is 2.55. The minimum atomic E-state index is -0.0458. The molecule has 0 aliphatic heterocycles. The van der Waals surface area contributed by atoms with E-state index in [2.05, 4.69) is 33.0 Å². The summed E-state index contributed by atoms with van der Waals surface area (Å²) >= 11 is 0. The first-order valence-electron chi connectivity index (χ1n) is 10.1. The summed E-state index contributed by atoms with van der Waals surface area (Å²) in [6.45, 7) is 2.59. The molecule has 4 bridgehead atoms. The molecule has 3 N–H and O–H groups in total. The molecule has 2 amide bonds. The Bertz CT molecular complexity index is 615. The van der Waals surface area contributed by atoms with Gasteiger partial charge in [-0.1, -0.05) is 5.16 Å². The van der Waals surface area contributed by atoms with Crippen LogP contribution in [0.3, 0.4) is 0 Å². The second kappa shape index (κ2) is 8.35. The Labute approximate surface area is 167 Å². The number of halogens is 1. The van der Waals surface area contributed by atoms with Crippen molar-refractivity contribution < 1.29 is 9.32 Å². The molecule has 7 nitrogen and oxygen atoms in total. The second-order valence-electron chi connectivity index (χ2n) is 8.83. The average molecular weight is 398 g/mol. The molecule has 1 atom stereocenters. The van der Waals surface area contributed by atoms with Crippen molar-refractivity contribution in [1.82, 2.24) is 26.1 Å². The van der Waals surface area contributed by atoms with Crippen LogP contribution in [-0.2, 0) is 12.8 Å². The molecular formula is C19H32ClN5O2. The van der Waals surface area contributed by atoms with Gasteiger partial charge in [0.15, 0.2) is 5.82 Å². The van der Waals surface area contributed by atoms with E-state index in [0.717, 1.165) is 24.2 Å². The molecule has 1 aromatic heterocycles. The molecule has 0 spiro atoms. The third-order valence-corrected chi connectivity index (χ3v) is 6.53. The molecule has 152 valence electrons. The number of carbonyl (C=O) groups excluding carboxylic acids is 1. The Morgan fingerprint density at radius 1 is 1.22 bits per heavy atom. The van der Waals surface area contributed by atoms with Crippen LogP contribution in [0.2, 0.25) is 0 Å². The fourth-order valence-corrected chi connectivity index (χ4v) is 5.68. The first kappa shape index (κ1) is 20.4. The van der Waals surface area contributed by atoms with Gasteiger partial charge in [0.2, 0.25) is 5.89 Å². The van der Waals surface area contributed by atoms with Crippen molar-refractivity contribution in [3.05, 3.63) is 11.7 Å². The van der Waals surface area contributed by atoms with E-state index < -0.39 is 0 Å². The molecule has 1 aromatic rings. The first-order valence-corrected chi connectivity index (χ1v) is 10.1. The summed E-state index contributed by atoms with van der Waals surface area (Å²) in [6.07, 6.45) is 8.96. The lowest BCUT2D eigenvalue weighted by molar-refractivity contribution is -0.0135. The number of hydrogen-bond acceptors (Lipinski definition) is 5. The summed E-state index contributed by atoms with van der Waals surface area (Å²) in [5.74, 6) is 3.79. The maximum absolute atomic E-state index is 12.4. The van der Waals surface area contributed by atoms with E-state index >= 15 is 0 Å². The zero-order valence-electron chi connectivity index (χ0n) is 16.3. The van der Waals surface area contributed by atoms with Gasteiger partial charge in [0.1, 0.15) is 0 Å². The quantitative estimate of drug-likeness (QED) is 0.657. The van der Waals surface area contributed by atoms with Gasteiger partial charge in [-0.3, -0.25) is 0 Å². The predicted molar refractivity (Wildman–Crippen MR) is 105 cm³/mol. The number of nitrogens with one attached hydrogen (secondary N) is 3. The van der Waals surface area contributed by atoms with Crippen molar-refractivity contribution in [3.63, 3.8) is 0 Å². The molecule has 4 fully saturated rings. The molecule has 1 heterocycles. The zero-order chi connectivity index (χ0) is 18.1. The van der Waals surface area contributed by atoms with Crippen molar-refractivity contribution in [1.29, 1.82) is 0 Å². The maximum Gasteiger partial charge on any atom is 0.315 e. The lowest BCUT2D eigenvalue weighted by Crippen LogP contribution is -2.61. The average Bonchev–Trinajstić information content (AvgIpc) is 3.00. The predicted octanol–water partition coefficient (Wildman–Crippen LogP) is 2.45. The van der Waals surface area contributed by atoms with Gasteiger partial charge in [-0.05, 0) is 70.3 Å². The molecule has 8 heteroatoms. The van der Waals surface area contributed by atoms with Crippen LogP contribution >= 0.6 is 12.4 Å². The maximum atomic E-state index is 12.4. The van der Waals surface area contributed by atoms with Gasteiger partial charge in [0.25, 0.3) is 0 Å². The number of carbonyl (C=O) groups is 1. The highest BCUT2D eigenvalue weighted by atomic mass is 35.5. The van der Waals surface area contributed by atoms with Gasteiger partial charge in [-0.2, -0.15) is 4.98 Å². The summed E-state index contributed by atoms with van der Waals surface area (Å²) in [7, 11) is 1.91. The molecule has 1 unspecified atom stereocenters. The van der Waals surface area contributed by atoms with E-state index in [1.165, 1.54) is 38.5 Å². The molecule has 4 saturated carbocycles. The molecule has 0 saturated heterocycles. The van der Waals surface area contributed by atoms with Crippen LogP contribution in [0.1, 0.15) is 57.2 Å². The van der Waals surface area contributed by atoms with Crippen molar-refractivity contribution in [2.75, 3.05) is 13.6 Å². The van der Waals surface area contributed by atoms with Crippen LogP contribution in [-0.4, -0.2) is 41.3 Å². The van der Waals surface area contributed by atoms with Crippen LogP contribution in [0.25, 0.3) is 0 Å². The molecular weight excluding hydrogens is 366 g/mol. The van der Waals surface area contributed by atoms with Crippen LogP contribution < -0.4 is 16.0 Å². The van der Waals surface area contributed by atoms with Crippen LogP contribution in [0.15, 0.2) is 4.52 Å². The standard InChI is InChI=1S/C19H31N5O2.ClH/c1-12(20-2)5-16-22-17(26-24-16)3-4-21-18(25)23-19-9-13-6-14(10-19)8-15(7-13)11-19;/h12-15,20H,3-11H2,1-2H3,(H2,21,23,25);1H. The van der Waals surface area contributed by atoms with Crippen LogP contribution in [0, 0.1) is 17.8 Å². The number of urea groups is 1. The van der Waals surface area contributed by atoms with E-state index in [0.29, 0.717) is 30.7 Å². The van der Waals surface area contributed by atoms with Gasteiger partial charge in [-0.15, -0.1) is 12.4 Å². The smallest absolute Gasteiger partial charge is 0.315 e. The molecule has 0 radical (unpaired) electrons. The van der Waals surface area contributed by atoms with Crippen molar-refractivity contribution in [3.8, 4) is 0 Å². The molecule has 0 aromatic carbocycles. The highest BCUT2D eigenvalue weighted by Gasteiger charge is 2.51. The number of likely N-dealkylation sites (N-methyl/N-ethyl adjacent to an activating group) is 1. The second-order valence-corrected chi connectivity index (χ2v) is 8.83.